The lowest BCUT2D eigenvalue weighted by atomic mass is 10.1. The first-order chi connectivity index (χ1) is 15.7. The van der Waals surface area contributed by atoms with Gasteiger partial charge < -0.3 is 10.1 Å². The minimum Gasteiger partial charge on any atom is -0.465 e. The lowest BCUT2D eigenvalue weighted by Gasteiger charge is -2.30. The Labute approximate surface area is 190 Å². The topological polar surface area (TPSA) is 58.6 Å². The van der Waals surface area contributed by atoms with E-state index in [-0.39, 0.29) is 24.9 Å². The second kappa shape index (κ2) is 12.4. The van der Waals surface area contributed by atoms with Crippen LogP contribution in [0, 0.1) is 0 Å². The van der Waals surface area contributed by atoms with E-state index in [4.69, 9.17) is 4.74 Å². The van der Waals surface area contributed by atoms with E-state index in [9.17, 15) is 9.59 Å². The predicted octanol–water partition coefficient (Wildman–Crippen LogP) is 4.33. The van der Waals surface area contributed by atoms with Gasteiger partial charge in [0.1, 0.15) is 6.04 Å². The summed E-state index contributed by atoms with van der Waals surface area (Å²) >= 11 is 0. The van der Waals surface area contributed by atoms with Crippen molar-refractivity contribution in [2.45, 2.75) is 39.0 Å². The molecule has 0 aliphatic carbocycles. The molecule has 3 aromatic rings. The molecule has 0 aliphatic heterocycles. The number of amides is 1. The molecule has 0 radical (unpaired) electrons. The fraction of sp³-hybridized carbons (Fsp3) is 0.259. The first kappa shape index (κ1) is 23.2. The molecule has 0 fully saturated rings. The van der Waals surface area contributed by atoms with E-state index in [0.29, 0.717) is 19.6 Å². The molecule has 0 unspecified atom stereocenters. The van der Waals surface area contributed by atoms with Crippen molar-refractivity contribution in [1.29, 1.82) is 0 Å². The Kier molecular flexibility index (Phi) is 9.02. The Balaban J connectivity index is 1.78. The zero-order valence-electron chi connectivity index (χ0n) is 18.4. The van der Waals surface area contributed by atoms with Crippen molar-refractivity contribution in [3.8, 4) is 0 Å². The average molecular weight is 431 g/mol. The van der Waals surface area contributed by atoms with Crippen molar-refractivity contribution < 1.29 is 14.3 Å². The third-order valence-electron chi connectivity index (χ3n) is 5.17. The third-order valence-corrected chi connectivity index (χ3v) is 5.17. The first-order valence-electron chi connectivity index (χ1n) is 10.9. The molecule has 1 amide bonds. The molecule has 5 nitrogen and oxygen atoms in total. The van der Waals surface area contributed by atoms with Gasteiger partial charge in [-0.1, -0.05) is 91.0 Å². The summed E-state index contributed by atoms with van der Waals surface area (Å²) in [6, 6.07) is 29.0. The highest BCUT2D eigenvalue weighted by molar-refractivity contribution is 5.85. The van der Waals surface area contributed by atoms with E-state index in [1.54, 1.807) is 6.92 Å². The van der Waals surface area contributed by atoms with Crippen molar-refractivity contribution >= 4 is 11.9 Å². The van der Waals surface area contributed by atoms with Crippen LogP contribution in [0.4, 0.5) is 0 Å². The summed E-state index contributed by atoms with van der Waals surface area (Å²) in [5.41, 5.74) is 3.16. The van der Waals surface area contributed by atoms with E-state index < -0.39 is 6.04 Å². The quantitative estimate of drug-likeness (QED) is 0.460. The highest BCUT2D eigenvalue weighted by atomic mass is 16.5. The standard InChI is InChI=1S/C27H30N2O3/c1-2-32-27(31)25(18-26(30)28-19-22-12-6-3-7-13-22)29(20-23-14-8-4-9-15-23)21-24-16-10-5-11-17-24/h3-17,25H,2,18-21H2,1H3,(H,28,30)/t25-/m1/s1. The highest BCUT2D eigenvalue weighted by Crippen LogP contribution is 2.17. The van der Waals surface area contributed by atoms with Gasteiger partial charge in [-0.3, -0.25) is 14.5 Å². The summed E-state index contributed by atoms with van der Waals surface area (Å²) in [7, 11) is 0. The maximum Gasteiger partial charge on any atom is 0.323 e. The van der Waals surface area contributed by atoms with E-state index in [2.05, 4.69) is 5.32 Å². The fourth-order valence-electron chi connectivity index (χ4n) is 3.56. The smallest absolute Gasteiger partial charge is 0.323 e. The monoisotopic (exact) mass is 430 g/mol. The number of hydrogen-bond acceptors (Lipinski definition) is 4. The molecular weight excluding hydrogens is 400 g/mol. The van der Waals surface area contributed by atoms with Gasteiger partial charge in [0.15, 0.2) is 0 Å². The number of nitrogens with zero attached hydrogens (tertiary/aromatic N) is 1. The number of esters is 1. The molecule has 0 saturated carbocycles. The molecule has 5 heteroatoms. The zero-order valence-corrected chi connectivity index (χ0v) is 18.4. The average Bonchev–Trinajstić information content (AvgIpc) is 2.83. The van der Waals surface area contributed by atoms with E-state index in [1.807, 2.05) is 95.9 Å². The number of nitrogens with one attached hydrogen (secondary N) is 1. The minimum absolute atomic E-state index is 0.0331. The Morgan fingerprint density at radius 2 is 1.25 bits per heavy atom. The van der Waals surface area contributed by atoms with Crippen LogP contribution in [0.3, 0.4) is 0 Å². The van der Waals surface area contributed by atoms with E-state index in [0.717, 1.165) is 16.7 Å². The molecule has 166 valence electrons. The van der Waals surface area contributed by atoms with Crippen LogP contribution in [0.5, 0.6) is 0 Å². The normalized spacial score (nSPS) is 11.7. The van der Waals surface area contributed by atoms with Gasteiger partial charge in [-0.25, -0.2) is 0 Å². The van der Waals surface area contributed by atoms with Crippen LogP contribution in [0.1, 0.15) is 30.0 Å². The third kappa shape index (κ3) is 7.36. The van der Waals surface area contributed by atoms with Crippen LogP contribution in [-0.4, -0.2) is 29.4 Å². The molecule has 1 atom stereocenters. The number of carbonyl (C=O) groups is 2. The summed E-state index contributed by atoms with van der Waals surface area (Å²) in [6.45, 7) is 3.54. The maximum absolute atomic E-state index is 12.9. The molecule has 0 spiro atoms. The summed E-state index contributed by atoms with van der Waals surface area (Å²) in [5, 5.41) is 2.94. The molecular formula is C27H30N2O3. The Morgan fingerprint density at radius 3 is 1.72 bits per heavy atom. The van der Waals surface area contributed by atoms with Crippen molar-refractivity contribution in [3.63, 3.8) is 0 Å². The SMILES string of the molecule is CCOC(=O)[C@@H](CC(=O)NCc1ccccc1)N(Cc1ccccc1)Cc1ccccc1. The van der Waals surface area contributed by atoms with Gasteiger partial charge in [-0.15, -0.1) is 0 Å². The largest absolute Gasteiger partial charge is 0.465 e. The molecule has 0 bridgehead atoms. The molecule has 0 saturated heterocycles. The van der Waals surface area contributed by atoms with Crippen LogP contribution < -0.4 is 5.32 Å². The van der Waals surface area contributed by atoms with Gasteiger partial charge in [-0.05, 0) is 23.6 Å². The maximum atomic E-state index is 12.9. The van der Waals surface area contributed by atoms with Crippen molar-refractivity contribution in [2.75, 3.05) is 6.61 Å². The van der Waals surface area contributed by atoms with Crippen LogP contribution >= 0.6 is 0 Å². The van der Waals surface area contributed by atoms with E-state index >= 15 is 0 Å². The van der Waals surface area contributed by atoms with Gasteiger partial charge >= 0.3 is 5.97 Å². The summed E-state index contributed by atoms with van der Waals surface area (Å²) in [5.74, 6) is -0.563. The van der Waals surface area contributed by atoms with Crippen LogP contribution in [0.2, 0.25) is 0 Å². The van der Waals surface area contributed by atoms with Crippen LogP contribution in [-0.2, 0) is 34.0 Å². The number of benzene rings is 3. The van der Waals surface area contributed by atoms with Crippen molar-refractivity contribution in [3.05, 3.63) is 108 Å². The molecule has 1 N–H and O–H groups in total. The lowest BCUT2D eigenvalue weighted by Crippen LogP contribution is -2.44. The molecule has 32 heavy (non-hydrogen) atoms. The van der Waals surface area contributed by atoms with Crippen molar-refractivity contribution in [2.24, 2.45) is 0 Å². The van der Waals surface area contributed by atoms with Gasteiger partial charge in [0.25, 0.3) is 0 Å². The molecule has 0 aromatic heterocycles. The van der Waals surface area contributed by atoms with E-state index in [1.165, 1.54) is 0 Å². The number of hydrogen-bond donors (Lipinski definition) is 1. The molecule has 3 rings (SSSR count). The summed E-state index contributed by atoms with van der Waals surface area (Å²) in [6.07, 6.45) is 0.0331. The fourth-order valence-corrected chi connectivity index (χ4v) is 3.56. The summed E-state index contributed by atoms with van der Waals surface area (Å²) < 4.78 is 5.36. The number of ether oxygens (including phenoxy) is 1. The first-order valence-corrected chi connectivity index (χ1v) is 10.9. The second-order valence-corrected chi connectivity index (χ2v) is 7.61. The summed E-state index contributed by atoms with van der Waals surface area (Å²) in [4.78, 5) is 27.7. The number of carbonyl (C=O) groups excluding carboxylic acids is 2. The number of rotatable bonds is 11. The van der Waals surface area contributed by atoms with Gasteiger partial charge in [0.05, 0.1) is 13.0 Å². The van der Waals surface area contributed by atoms with Crippen molar-refractivity contribution in [1.82, 2.24) is 10.2 Å². The zero-order chi connectivity index (χ0) is 22.6. The molecule has 0 heterocycles. The van der Waals surface area contributed by atoms with Gasteiger partial charge in [0, 0.05) is 19.6 Å². The predicted molar refractivity (Wildman–Crippen MR) is 125 cm³/mol. The van der Waals surface area contributed by atoms with Crippen LogP contribution in [0.15, 0.2) is 91.0 Å². The van der Waals surface area contributed by atoms with Gasteiger partial charge in [0.2, 0.25) is 5.91 Å². The van der Waals surface area contributed by atoms with Crippen LogP contribution in [0.25, 0.3) is 0 Å². The molecule has 0 aliphatic rings. The Hall–Kier alpha value is -3.44. The lowest BCUT2D eigenvalue weighted by molar-refractivity contribution is -0.152. The highest BCUT2D eigenvalue weighted by Gasteiger charge is 2.30. The Morgan fingerprint density at radius 1 is 0.781 bits per heavy atom. The van der Waals surface area contributed by atoms with Gasteiger partial charge in [-0.2, -0.15) is 0 Å². The molecule has 3 aromatic carbocycles. The second-order valence-electron chi connectivity index (χ2n) is 7.61. The minimum atomic E-state index is -0.689. The Bertz CT molecular complexity index is 920.